The second kappa shape index (κ2) is 13.7. The minimum atomic E-state index is 0.583. The minimum Gasteiger partial charge on any atom is -0.292 e. The second-order valence-electron chi connectivity index (χ2n) is 12.7. The maximum absolute atomic E-state index is 10.1. The number of imidazole rings is 1. The Balaban J connectivity index is 1.06. The van der Waals surface area contributed by atoms with Gasteiger partial charge in [0.1, 0.15) is 5.82 Å². The molecule has 0 fully saturated rings. The number of hydrogen-bond donors (Lipinski definition) is 0. The number of fused-ring (bicyclic) bond motifs is 1. The van der Waals surface area contributed by atoms with E-state index in [0.717, 1.165) is 67.1 Å². The highest BCUT2D eigenvalue weighted by atomic mass is 15.1. The smallest absolute Gasteiger partial charge is 0.164 e. The van der Waals surface area contributed by atoms with E-state index in [2.05, 4.69) is 59.2 Å². The lowest BCUT2D eigenvalue weighted by Gasteiger charge is -2.12. The van der Waals surface area contributed by atoms with Gasteiger partial charge in [0.05, 0.1) is 22.7 Å². The van der Waals surface area contributed by atoms with Gasteiger partial charge in [-0.05, 0) is 53.1 Å². The standard InChI is InChI=1S/C47H30N6/c48-31-39-25-24-38(32-26-28-40(29-27-32)53-43-19-11-10-18-42(43)49-47(53)37-16-8-3-9-17-37)30-41(39)33-20-22-36(23-21-33)46-51-44(34-12-4-1-5-13-34)50-45(52-46)35-14-6-2-7-15-35/h1-30H. The van der Waals surface area contributed by atoms with Crippen LogP contribution in [0.25, 0.3) is 84.5 Å². The van der Waals surface area contributed by atoms with Crippen molar-refractivity contribution >= 4 is 11.0 Å². The van der Waals surface area contributed by atoms with Crippen LogP contribution in [0.4, 0.5) is 0 Å². The van der Waals surface area contributed by atoms with Crippen molar-refractivity contribution in [3.8, 4) is 79.6 Å². The molecule has 9 rings (SSSR count). The van der Waals surface area contributed by atoms with Crippen LogP contribution in [0.3, 0.4) is 0 Å². The Hall–Kier alpha value is -7.49. The molecule has 6 heteroatoms. The molecule has 7 aromatic carbocycles. The Bertz CT molecular complexity index is 2690. The maximum atomic E-state index is 10.1. The number of rotatable bonds is 7. The molecule has 0 saturated carbocycles. The van der Waals surface area contributed by atoms with Crippen LogP contribution in [-0.4, -0.2) is 24.5 Å². The summed E-state index contributed by atoms with van der Waals surface area (Å²) in [6.07, 6.45) is 0. The van der Waals surface area contributed by atoms with Gasteiger partial charge < -0.3 is 0 Å². The molecular formula is C47H30N6. The SMILES string of the molecule is N#Cc1ccc(-c2ccc(-n3c(-c4ccccc4)nc4ccccc43)cc2)cc1-c1ccc(-c2nc(-c3ccccc3)nc(-c3ccccc3)n2)cc1. The van der Waals surface area contributed by atoms with Gasteiger partial charge in [0.15, 0.2) is 17.5 Å². The lowest BCUT2D eigenvalue weighted by atomic mass is 9.94. The number of para-hydroxylation sites is 2. The van der Waals surface area contributed by atoms with E-state index < -0.39 is 0 Å². The van der Waals surface area contributed by atoms with Crippen molar-refractivity contribution in [1.82, 2.24) is 24.5 Å². The molecule has 0 spiro atoms. The summed E-state index contributed by atoms with van der Waals surface area (Å²) in [6.45, 7) is 0. The van der Waals surface area contributed by atoms with E-state index in [1.807, 2.05) is 133 Å². The van der Waals surface area contributed by atoms with Crippen LogP contribution >= 0.6 is 0 Å². The molecule has 53 heavy (non-hydrogen) atoms. The zero-order valence-corrected chi connectivity index (χ0v) is 28.5. The van der Waals surface area contributed by atoms with Gasteiger partial charge in [-0.1, -0.05) is 146 Å². The van der Waals surface area contributed by atoms with Gasteiger partial charge in [0.2, 0.25) is 0 Å². The summed E-state index contributed by atoms with van der Waals surface area (Å²) in [5, 5.41) is 10.1. The fourth-order valence-corrected chi connectivity index (χ4v) is 6.67. The van der Waals surface area contributed by atoms with Crippen LogP contribution in [0, 0.1) is 11.3 Å². The summed E-state index contributed by atoms with van der Waals surface area (Å²) in [5.74, 6) is 2.70. The third-order valence-corrected chi connectivity index (χ3v) is 9.35. The molecule has 0 saturated heterocycles. The Labute approximate surface area is 307 Å². The summed E-state index contributed by atoms with van der Waals surface area (Å²) < 4.78 is 2.21. The van der Waals surface area contributed by atoms with Crippen molar-refractivity contribution in [2.24, 2.45) is 0 Å². The molecule has 0 bridgehead atoms. The minimum absolute atomic E-state index is 0.583. The van der Waals surface area contributed by atoms with E-state index in [-0.39, 0.29) is 0 Å². The number of benzene rings is 7. The van der Waals surface area contributed by atoms with E-state index in [9.17, 15) is 5.26 Å². The number of aromatic nitrogens is 5. The third-order valence-electron chi connectivity index (χ3n) is 9.35. The zero-order chi connectivity index (χ0) is 35.6. The van der Waals surface area contributed by atoms with Crippen molar-refractivity contribution in [2.75, 3.05) is 0 Å². The average molecular weight is 679 g/mol. The molecule has 2 heterocycles. The average Bonchev–Trinajstić information content (AvgIpc) is 3.64. The Morgan fingerprint density at radius 3 is 1.45 bits per heavy atom. The molecule has 0 radical (unpaired) electrons. The summed E-state index contributed by atoms with van der Waals surface area (Å²) in [6, 6.07) is 63.4. The van der Waals surface area contributed by atoms with Crippen LogP contribution in [0.1, 0.15) is 5.56 Å². The summed E-state index contributed by atoms with van der Waals surface area (Å²) in [7, 11) is 0. The predicted molar refractivity (Wildman–Crippen MR) is 212 cm³/mol. The van der Waals surface area contributed by atoms with Crippen LogP contribution in [0.2, 0.25) is 0 Å². The van der Waals surface area contributed by atoms with E-state index >= 15 is 0 Å². The van der Waals surface area contributed by atoms with Gasteiger partial charge >= 0.3 is 0 Å². The fourth-order valence-electron chi connectivity index (χ4n) is 6.67. The highest BCUT2D eigenvalue weighted by Crippen LogP contribution is 2.34. The van der Waals surface area contributed by atoms with Gasteiger partial charge in [-0.3, -0.25) is 4.57 Å². The molecule has 9 aromatic rings. The summed E-state index contributed by atoms with van der Waals surface area (Å²) in [4.78, 5) is 19.5. The van der Waals surface area contributed by atoms with Gasteiger partial charge in [-0.15, -0.1) is 0 Å². The Kier molecular flexibility index (Phi) is 8.12. The first kappa shape index (κ1) is 31.5. The number of nitrogens with zero attached hydrogens (tertiary/aromatic N) is 6. The molecule has 2 aromatic heterocycles. The second-order valence-corrected chi connectivity index (χ2v) is 12.7. The molecule has 0 N–H and O–H groups in total. The van der Waals surface area contributed by atoms with Crippen molar-refractivity contribution in [3.05, 3.63) is 188 Å². The van der Waals surface area contributed by atoms with Crippen LogP contribution in [0.5, 0.6) is 0 Å². The Morgan fingerprint density at radius 2 is 0.868 bits per heavy atom. The van der Waals surface area contributed by atoms with Crippen LogP contribution in [0.15, 0.2) is 182 Å². The molecule has 6 nitrogen and oxygen atoms in total. The van der Waals surface area contributed by atoms with Gasteiger partial charge in [0, 0.05) is 33.5 Å². The topological polar surface area (TPSA) is 80.3 Å². The zero-order valence-electron chi connectivity index (χ0n) is 28.5. The van der Waals surface area contributed by atoms with Crippen LogP contribution < -0.4 is 0 Å². The lowest BCUT2D eigenvalue weighted by Crippen LogP contribution is -2.00. The number of nitriles is 1. The molecule has 0 unspecified atom stereocenters. The fraction of sp³-hybridized carbons (Fsp3) is 0. The third kappa shape index (κ3) is 6.13. The highest BCUT2D eigenvalue weighted by Gasteiger charge is 2.16. The Morgan fingerprint density at radius 1 is 0.396 bits per heavy atom. The molecule has 248 valence electrons. The first-order valence-electron chi connectivity index (χ1n) is 17.4. The maximum Gasteiger partial charge on any atom is 0.164 e. The van der Waals surface area contributed by atoms with Crippen molar-refractivity contribution < 1.29 is 0 Å². The summed E-state index contributed by atoms with van der Waals surface area (Å²) >= 11 is 0. The molecule has 0 aliphatic carbocycles. The molecule has 0 aliphatic rings. The van der Waals surface area contributed by atoms with Crippen molar-refractivity contribution in [2.45, 2.75) is 0 Å². The predicted octanol–water partition coefficient (Wildman–Crippen LogP) is 11.1. The molecular weight excluding hydrogens is 649 g/mol. The highest BCUT2D eigenvalue weighted by molar-refractivity contribution is 5.84. The van der Waals surface area contributed by atoms with Gasteiger partial charge in [-0.2, -0.15) is 5.26 Å². The van der Waals surface area contributed by atoms with E-state index in [0.29, 0.717) is 23.0 Å². The van der Waals surface area contributed by atoms with Gasteiger partial charge in [-0.25, -0.2) is 19.9 Å². The largest absolute Gasteiger partial charge is 0.292 e. The molecule has 0 atom stereocenters. The monoisotopic (exact) mass is 678 g/mol. The van der Waals surface area contributed by atoms with Crippen molar-refractivity contribution in [1.29, 1.82) is 5.26 Å². The normalized spacial score (nSPS) is 11.0. The summed E-state index contributed by atoms with van der Waals surface area (Å²) in [5.41, 5.74) is 11.2. The molecule has 0 amide bonds. The first-order valence-corrected chi connectivity index (χ1v) is 17.4. The van der Waals surface area contributed by atoms with E-state index in [4.69, 9.17) is 19.9 Å². The van der Waals surface area contributed by atoms with Gasteiger partial charge in [0.25, 0.3) is 0 Å². The quantitative estimate of drug-likeness (QED) is 0.168. The first-order chi connectivity index (χ1) is 26.2. The van der Waals surface area contributed by atoms with E-state index in [1.165, 1.54) is 0 Å². The number of hydrogen-bond acceptors (Lipinski definition) is 5. The van der Waals surface area contributed by atoms with Crippen LogP contribution in [-0.2, 0) is 0 Å². The van der Waals surface area contributed by atoms with Crippen molar-refractivity contribution in [3.63, 3.8) is 0 Å². The lowest BCUT2D eigenvalue weighted by molar-refractivity contribution is 1.07. The van der Waals surface area contributed by atoms with E-state index in [1.54, 1.807) is 0 Å². The molecule has 0 aliphatic heterocycles.